The number of amides is 2. The molecule has 148 valence electrons. The number of hydrogen-bond donors (Lipinski definition) is 1. The number of rotatable bonds is 6. The van der Waals surface area contributed by atoms with Crippen LogP contribution >= 0.6 is 0 Å². The third-order valence-corrected chi connectivity index (χ3v) is 4.88. The summed E-state index contributed by atoms with van der Waals surface area (Å²) in [6.07, 6.45) is 1.53. The fraction of sp³-hybridized carbons (Fsp3) is 0.391. The average molecular weight is 380 g/mol. The Hall–Kier alpha value is -2.82. The van der Waals surface area contributed by atoms with E-state index in [2.05, 4.69) is 32.2 Å². The quantitative estimate of drug-likeness (QED) is 0.829. The molecule has 0 saturated carbocycles. The Morgan fingerprint density at radius 2 is 1.89 bits per heavy atom. The van der Waals surface area contributed by atoms with Crippen LogP contribution in [0.15, 0.2) is 48.5 Å². The fourth-order valence-corrected chi connectivity index (χ4v) is 3.17. The highest BCUT2D eigenvalue weighted by Crippen LogP contribution is 2.25. The summed E-state index contributed by atoms with van der Waals surface area (Å²) in [5.41, 5.74) is 3.10. The SMILES string of the molecule is CC(C)(C)c1cccc(OCC(=O)NCc2ccc(N3CCCC3=O)cc2)c1. The first-order chi connectivity index (χ1) is 13.3. The third kappa shape index (κ3) is 5.12. The van der Waals surface area contributed by atoms with Gasteiger partial charge in [0.05, 0.1) is 0 Å². The van der Waals surface area contributed by atoms with Gasteiger partial charge in [0.2, 0.25) is 5.91 Å². The van der Waals surface area contributed by atoms with Crippen molar-refractivity contribution in [3.63, 3.8) is 0 Å². The van der Waals surface area contributed by atoms with Crippen molar-refractivity contribution in [2.24, 2.45) is 0 Å². The maximum atomic E-state index is 12.1. The van der Waals surface area contributed by atoms with Crippen LogP contribution in [0.2, 0.25) is 0 Å². The van der Waals surface area contributed by atoms with E-state index in [1.54, 1.807) is 0 Å². The molecule has 2 amide bonds. The lowest BCUT2D eigenvalue weighted by atomic mass is 9.87. The van der Waals surface area contributed by atoms with Gasteiger partial charge in [-0.2, -0.15) is 0 Å². The average Bonchev–Trinajstić information content (AvgIpc) is 3.10. The molecule has 0 unspecified atom stereocenters. The lowest BCUT2D eigenvalue weighted by Crippen LogP contribution is -2.28. The maximum Gasteiger partial charge on any atom is 0.258 e. The predicted molar refractivity (Wildman–Crippen MR) is 111 cm³/mol. The highest BCUT2D eigenvalue weighted by atomic mass is 16.5. The molecule has 0 radical (unpaired) electrons. The third-order valence-electron chi connectivity index (χ3n) is 4.88. The van der Waals surface area contributed by atoms with E-state index < -0.39 is 0 Å². The molecule has 28 heavy (non-hydrogen) atoms. The topological polar surface area (TPSA) is 58.6 Å². The van der Waals surface area contributed by atoms with Crippen LogP contribution in [0.3, 0.4) is 0 Å². The number of anilines is 1. The Labute approximate surface area is 166 Å². The highest BCUT2D eigenvalue weighted by Gasteiger charge is 2.21. The number of carbonyl (C=O) groups excluding carboxylic acids is 2. The van der Waals surface area contributed by atoms with E-state index in [0.29, 0.717) is 18.7 Å². The zero-order valence-corrected chi connectivity index (χ0v) is 16.8. The molecule has 2 aromatic carbocycles. The zero-order valence-electron chi connectivity index (χ0n) is 16.8. The molecule has 3 rings (SSSR count). The lowest BCUT2D eigenvalue weighted by Gasteiger charge is -2.19. The summed E-state index contributed by atoms with van der Waals surface area (Å²) in [5, 5.41) is 2.87. The number of nitrogens with zero attached hydrogens (tertiary/aromatic N) is 1. The summed E-state index contributed by atoms with van der Waals surface area (Å²) in [6.45, 7) is 7.62. The molecule has 2 aromatic rings. The van der Waals surface area contributed by atoms with Gasteiger partial charge in [0.1, 0.15) is 5.75 Å². The molecule has 1 aliphatic heterocycles. The first kappa shape index (κ1) is 19.9. The van der Waals surface area contributed by atoms with E-state index in [4.69, 9.17) is 4.74 Å². The zero-order chi connectivity index (χ0) is 20.1. The van der Waals surface area contributed by atoms with E-state index in [-0.39, 0.29) is 23.8 Å². The second kappa shape index (κ2) is 8.46. The summed E-state index contributed by atoms with van der Waals surface area (Å²) >= 11 is 0. The van der Waals surface area contributed by atoms with Gasteiger partial charge in [-0.05, 0) is 47.2 Å². The van der Waals surface area contributed by atoms with Gasteiger partial charge < -0.3 is 15.0 Å². The lowest BCUT2D eigenvalue weighted by molar-refractivity contribution is -0.123. The van der Waals surface area contributed by atoms with E-state index in [0.717, 1.165) is 24.2 Å². The maximum absolute atomic E-state index is 12.1. The van der Waals surface area contributed by atoms with Crippen LogP contribution in [0.4, 0.5) is 5.69 Å². The van der Waals surface area contributed by atoms with Crippen LogP contribution in [0.25, 0.3) is 0 Å². The second-order valence-corrected chi connectivity index (χ2v) is 8.16. The highest BCUT2D eigenvalue weighted by molar-refractivity contribution is 5.95. The van der Waals surface area contributed by atoms with E-state index in [9.17, 15) is 9.59 Å². The molecule has 1 heterocycles. The molecular formula is C23H28N2O3. The number of carbonyl (C=O) groups is 2. The molecule has 0 aromatic heterocycles. The Morgan fingerprint density at radius 1 is 1.14 bits per heavy atom. The van der Waals surface area contributed by atoms with Gasteiger partial charge in [-0.25, -0.2) is 0 Å². The van der Waals surface area contributed by atoms with Crippen LogP contribution in [0.1, 0.15) is 44.7 Å². The first-order valence-corrected chi connectivity index (χ1v) is 9.72. The van der Waals surface area contributed by atoms with Gasteiger partial charge in [0.25, 0.3) is 5.91 Å². The van der Waals surface area contributed by atoms with Crippen molar-refractivity contribution in [3.05, 3.63) is 59.7 Å². The molecule has 5 heteroatoms. The smallest absolute Gasteiger partial charge is 0.258 e. The minimum absolute atomic E-state index is 0.0199. The molecule has 0 aliphatic carbocycles. The summed E-state index contributed by atoms with van der Waals surface area (Å²) in [7, 11) is 0. The Bertz CT molecular complexity index is 838. The number of benzene rings is 2. The molecule has 0 atom stereocenters. The van der Waals surface area contributed by atoms with Gasteiger partial charge in [-0.1, -0.05) is 45.0 Å². The summed E-state index contributed by atoms with van der Waals surface area (Å²) in [5.74, 6) is 0.705. The van der Waals surface area contributed by atoms with Crippen LogP contribution in [0, 0.1) is 0 Å². The number of hydrogen-bond acceptors (Lipinski definition) is 3. The van der Waals surface area contributed by atoms with Crippen molar-refractivity contribution >= 4 is 17.5 Å². The van der Waals surface area contributed by atoms with Crippen LogP contribution in [-0.4, -0.2) is 25.0 Å². The van der Waals surface area contributed by atoms with Crippen molar-refractivity contribution in [3.8, 4) is 5.75 Å². The second-order valence-electron chi connectivity index (χ2n) is 8.16. The van der Waals surface area contributed by atoms with E-state index >= 15 is 0 Å². The monoisotopic (exact) mass is 380 g/mol. The summed E-state index contributed by atoms with van der Waals surface area (Å²) in [6, 6.07) is 15.6. The van der Waals surface area contributed by atoms with Crippen molar-refractivity contribution in [2.45, 2.75) is 45.6 Å². The Balaban J connectivity index is 1.47. The summed E-state index contributed by atoms with van der Waals surface area (Å²) in [4.78, 5) is 25.7. The van der Waals surface area contributed by atoms with Crippen LogP contribution in [0.5, 0.6) is 5.75 Å². The standard InChI is InChI=1S/C23H28N2O3/c1-23(2,3)18-6-4-7-20(14-18)28-16-21(26)24-15-17-9-11-19(12-10-17)25-13-5-8-22(25)27/h4,6-7,9-12,14H,5,8,13,15-16H2,1-3H3,(H,24,26). The molecule has 1 fully saturated rings. The van der Waals surface area contributed by atoms with Crippen molar-refractivity contribution in [1.29, 1.82) is 0 Å². The molecule has 5 nitrogen and oxygen atoms in total. The van der Waals surface area contributed by atoms with E-state index in [1.165, 1.54) is 5.56 Å². The van der Waals surface area contributed by atoms with Gasteiger partial charge in [-0.3, -0.25) is 9.59 Å². The predicted octanol–water partition coefficient (Wildman–Crippen LogP) is 3.81. The van der Waals surface area contributed by atoms with Crippen molar-refractivity contribution in [2.75, 3.05) is 18.1 Å². The minimum Gasteiger partial charge on any atom is -0.484 e. The molecule has 1 saturated heterocycles. The first-order valence-electron chi connectivity index (χ1n) is 9.72. The Morgan fingerprint density at radius 3 is 2.54 bits per heavy atom. The minimum atomic E-state index is -0.167. The molecule has 0 spiro atoms. The van der Waals surface area contributed by atoms with Crippen molar-refractivity contribution < 1.29 is 14.3 Å². The normalized spacial score (nSPS) is 14.2. The van der Waals surface area contributed by atoms with Crippen LogP contribution in [-0.2, 0) is 21.5 Å². The Kier molecular flexibility index (Phi) is 6.02. The van der Waals surface area contributed by atoms with Crippen LogP contribution < -0.4 is 15.0 Å². The van der Waals surface area contributed by atoms with E-state index in [1.807, 2.05) is 47.4 Å². The molecule has 1 N–H and O–H groups in total. The molecule has 1 aliphatic rings. The van der Waals surface area contributed by atoms with Gasteiger partial charge in [0.15, 0.2) is 6.61 Å². The molecule has 0 bridgehead atoms. The van der Waals surface area contributed by atoms with Gasteiger partial charge in [-0.15, -0.1) is 0 Å². The number of ether oxygens (including phenoxy) is 1. The summed E-state index contributed by atoms with van der Waals surface area (Å²) < 4.78 is 5.63. The number of nitrogens with one attached hydrogen (secondary N) is 1. The molecular weight excluding hydrogens is 352 g/mol. The largest absolute Gasteiger partial charge is 0.484 e. The van der Waals surface area contributed by atoms with Gasteiger partial charge >= 0.3 is 0 Å². The van der Waals surface area contributed by atoms with Crippen molar-refractivity contribution in [1.82, 2.24) is 5.32 Å². The fourth-order valence-electron chi connectivity index (χ4n) is 3.17. The van der Waals surface area contributed by atoms with Gasteiger partial charge in [0, 0.05) is 25.2 Å².